The van der Waals surface area contributed by atoms with E-state index in [1.54, 1.807) is 12.1 Å². The first-order chi connectivity index (χ1) is 10.0. The van der Waals surface area contributed by atoms with Gasteiger partial charge in [-0.05, 0) is 41.9 Å². The second-order valence-electron chi connectivity index (χ2n) is 5.29. The lowest BCUT2D eigenvalue weighted by molar-refractivity contribution is 0.386. The number of aromatic nitrogens is 4. The predicted molar refractivity (Wildman–Crippen MR) is 76.9 cm³/mol. The molecule has 0 aliphatic carbocycles. The topological polar surface area (TPSA) is 64.9 Å². The lowest BCUT2D eigenvalue weighted by Crippen LogP contribution is -2.25. The van der Waals surface area contributed by atoms with Gasteiger partial charge in [0.05, 0.1) is 18.8 Å². The summed E-state index contributed by atoms with van der Waals surface area (Å²) < 4.78 is 20.2. The Balaban J connectivity index is 2.25. The quantitative estimate of drug-likeness (QED) is 0.883. The molecular weight excluding hydrogens is 273 g/mol. The highest BCUT2D eigenvalue weighted by atomic mass is 19.1. The van der Waals surface area contributed by atoms with Crippen LogP contribution >= 0.6 is 0 Å². The van der Waals surface area contributed by atoms with Crippen molar-refractivity contribution in [2.45, 2.75) is 26.8 Å². The molecule has 1 aromatic heterocycles. The van der Waals surface area contributed by atoms with Gasteiger partial charge in [0.2, 0.25) is 0 Å². The van der Waals surface area contributed by atoms with E-state index in [9.17, 15) is 4.39 Å². The number of ether oxygens (including phenoxy) is 1. The third-order valence-corrected chi connectivity index (χ3v) is 3.09. The normalized spacial score (nSPS) is 12.7. The van der Waals surface area contributed by atoms with Gasteiger partial charge in [0.1, 0.15) is 0 Å². The summed E-state index contributed by atoms with van der Waals surface area (Å²) >= 11 is 0. The van der Waals surface area contributed by atoms with Gasteiger partial charge in [-0.15, -0.1) is 5.10 Å². The zero-order valence-electron chi connectivity index (χ0n) is 12.7. The molecule has 2 aromatic rings. The van der Waals surface area contributed by atoms with Crippen LogP contribution in [0.25, 0.3) is 5.69 Å². The van der Waals surface area contributed by atoms with Crippen molar-refractivity contribution in [2.75, 3.05) is 13.7 Å². The molecule has 0 fully saturated rings. The fourth-order valence-electron chi connectivity index (χ4n) is 1.94. The molecule has 21 heavy (non-hydrogen) atoms. The summed E-state index contributed by atoms with van der Waals surface area (Å²) in [5.41, 5.74) is 0.562. The summed E-state index contributed by atoms with van der Waals surface area (Å²) in [5.74, 6) is 0.911. The summed E-state index contributed by atoms with van der Waals surface area (Å²) in [4.78, 5) is 0. The van der Waals surface area contributed by atoms with Crippen LogP contribution in [-0.4, -0.2) is 33.9 Å². The number of rotatable bonds is 6. The van der Waals surface area contributed by atoms with Crippen LogP contribution in [0, 0.1) is 11.7 Å². The smallest absolute Gasteiger partial charge is 0.173 e. The number of nitrogens with zero attached hydrogens (tertiary/aromatic N) is 4. The maximum absolute atomic E-state index is 13.8. The van der Waals surface area contributed by atoms with Gasteiger partial charge >= 0.3 is 0 Å². The summed E-state index contributed by atoms with van der Waals surface area (Å²) in [7, 11) is 1.43. The zero-order chi connectivity index (χ0) is 15.4. The molecule has 2 rings (SSSR count). The molecule has 7 heteroatoms. The Kier molecular flexibility index (Phi) is 4.85. The van der Waals surface area contributed by atoms with Crippen LogP contribution in [0.1, 0.15) is 32.6 Å². The standard InChI is InChI=1S/C14H20FN5O/c1-9(2)8-16-10(3)14-17-18-19-20(14)11-5-6-13(21-4)12(15)7-11/h5-7,9-10,16H,8H2,1-4H3. The molecule has 0 bridgehead atoms. The SMILES string of the molecule is COc1ccc(-n2nnnc2C(C)NCC(C)C)cc1F. The summed E-state index contributed by atoms with van der Waals surface area (Å²) in [6.45, 7) is 7.08. The van der Waals surface area contributed by atoms with Crippen molar-refractivity contribution in [3.05, 3.63) is 29.8 Å². The van der Waals surface area contributed by atoms with Crippen LogP contribution in [-0.2, 0) is 0 Å². The van der Waals surface area contributed by atoms with Crippen LogP contribution in [0.4, 0.5) is 4.39 Å². The predicted octanol–water partition coefficient (Wildman–Crippen LogP) is 2.12. The lowest BCUT2D eigenvalue weighted by Gasteiger charge is -2.15. The van der Waals surface area contributed by atoms with E-state index >= 15 is 0 Å². The van der Waals surface area contributed by atoms with E-state index in [1.807, 2.05) is 6.92 Å². The fourth-order valence-corrected chi connectivity index (χ4v) is 1.94. The highest BCUT2D eigenvalue weighted by Crippen LogP contribution is 2.21. The van der Waals surface area contributed by atoms with Gasteiger partial charge < -0.3 is 10.1 Å². The number of hydrogen-bond donors (Lipinski definition) is 1. The van der Waals surface area contributed by atoms with E-state index in [-0.39, 0.29) is 11.8 Å². The zero-order valence-corrected chi connectivity index (χ0v) is 12.7. The molecule has 0 aliphatic rings. The minimum atomic E-state index is -0.445. The fraction of sp³-hybridized carbons (Fsp3) is 0.500. The second kappa shape index (κ2) is 6.62. The molecular formula is C14H20FN5O. The van der Waals surface area contributed by atoms with Gasteiger partial charge in [0, 0.05) is 6.07 Å². The van der Waals surface area contributed by atoms with E-state index in [2.05, 4.69) is 34.7 Å². The van der Waals surface area contributed by atoms with Crippen molar-refractivity contribution in [3.63, 3.8) is 0 Å². The molecule has 0 saturated heterocycles. The Labute approximate surface area is 123 Å². The summed E-state index contributed by atoms with van der Waals surface area (Å²) in [6.07, 6.45) is 0. The molecule has 6 nitrogen and oxygen atoms in total. The van der Waals surface area contributed by atoms with Gasteiger partial charge in [0.15, 0.2) is 17.4 Å². The minimum absolute atomic E-state index is 0.0347. The molecule has 0 radical (unpaired) electrons. The Morgan fingerprint density at radius 1 is 1.33 bits per heavy atom. The molecule has 0 aliphatic heterocycles. The third-order valence-electron chi connectivity index (χ3n) is 3.09. The Morgan fingerprint density at radius 3 is 2.71 bits per heavy atom. The average molecular weight is 293 g/mol. The van der Waals surface area contributed by atoms with E-state index in [1.165, 1.54) is 17.9 Å². The van der Waals surface area contributed by atoms with E-state index in [0.29, 0.717) is 17.4 Å². The Morgan fingerprint density at radius 2 is 2.10 bits per heavy atom. The lowest BCUT2D eigenvalue weighted by atomic mass is 10.2. The maximum atomic E-state index is 13.8. The number of tetrazole rings is 1. The Hall–Kier alpha value is -2.02. The molecule has 1 unspecified atom stereocenters. The van der Waals surface area contributed by atoms with Crippen molar-refractivity contribution < 1.29 is 9.13 Å². The van der Waals surface area contributed by atoms with Gasteiger partial charge in [-0.3, -0.25) is 0 Å². The van der Waals surface area contributed by atoms with Gasteiger partial charge in [-0.25, -0.2) is 4.39 Å². The summed E-state index contributed by atoms with van der Waals surface area (Å²) in [5, 5.41) is 15.0. The van der Waals surface area contributed by atoms with Crippen molar-refractivity contribution in [3.8, 4) is 11.4 Å². The highest BCUT2D eigenvalue weighted by Gasteiger charge is 2.16. The van der Waals surface area contributed by atoms with E-state index in [4.69, 9.17) is 4.74 Å². The molecule has 0 saturated carbocycles. The molecule has 0 spiro atoms. The number of methoxy groups -OCH3 is 1. The van der Waals surface area contributed by atoms with Crippen LogP contribution in [0.2, 0.25) is 0 Å². The van der Waals surface area contributed by atoms with E-state index in [0.717, 1.165) is 6.54 Å². The first-order valence-electron chi connectivity index (χ1n) is 6.88. The molecule has 0 amide bonds. The van der Waals surface area contributed by atoms with Crippen molar-refractivity contribution >= 4 is 0 Å². The number of hydrogen-bond acceptors (Lipinski definition) is 5. The van der Waals surface area contributed by atoms with Gasteiger partial charge in [-0.1, -0.05) is 13.8 Å². The van der Waals surface area contributed by atoms with Crippen LogP contribution < -0.4 is 10.1 Å². The molecule has 1 heterocycles. The first kappa shape index (κ1) is 15.4. The second-order valence-corrected chi connectivity index (χ2v) is 5.29. The minimum Gasteiger partial charge on any atom is -0.494 e. The van der Waals surface area contributed by atoms with Crippen molar-refractivity contribution in [1.82, 2.24) is 25.5 Å². The van der Waals surface area contributed by atoms with E-state index < -0.39 is 5.82 Å². The van der Waals surface area contributed by atoms with Crippen LogP contribution in [0.15, 0.2) is 18.2 Å². The van der Waals surface area contributed by atoms with Crippen molar-refractivity contribution in [2.24, 2.45) is 5.92 Å². The average Bonchev–Trinajstić information content (AvgIpc) is 2.94. The Bertz CT molecular complexity index is 599. The number of halogens is 1. The van der Waals surface area contributed by atoms with Crippen molar-refractivity contribution in [1.29, 1.82) is 0 Å². The first-order valence-corrected chi connectivity index (χ1v) is 6.88. The third kappa shape index (κ3) is 3.55. The van der Waals surface area contributed by atoms with Gasteiger partial charge in [0.25, 0.3) is 0 Å². The highest BCUT2D eigenvalue weighted by molar-refractivity contribution is 5.38. The molecule has 1 atom stereocenters. The number of benzene rings is 1. The molecule has 1 aromatic carbocycles. The summed E-state index contributed by atoms with van der Waals surface area (Å²) in [6, 6.07) is 4.60. The van der Waals surface area contributed by atoms with Crippen LogP contribution in [0.5, 0.6) is 5.75 Å². The van der Waals surface area contributed by atoms with Crippen LogP contribution in [0.3, 0.4) is 0 Å². The molecule has 1 N–H and O–H groups in total. The number of nitrogens with one attached hydrogen (secondary N) is 1. The maximum Gasteiger partial charge on any atom is 0.173 e. The molecule has 114 valence electrons. The monoisotopic (exact) mass is 293 g/mol. The largest absolute Gasteiger partial charge is 0.494 e. The van der Waals surface area contributed by atoms with Gasteiger partial charge in [-0.2, -0.15) is 4.68 Å².